The SMILES string of the molecule is [B][P+]1(C2CCC[C@H]([C@H](O)c3ccccc3Br)C2)N(CCOC)[C@@H]2CCCC[C@H]2N1CCOC. The molecule has 3 aliphatic rings. The van der Waals surface area contributed by atoms with Gasteiger partial charge in [0.15, 0.2) is 0 Å². The van der Waals surface area contributed by atoms with E-state index >= 15 is 0 Å². The standard InChI is InChI=1S/C25H40BBrN2O3P/c1-31-16-14-28-23-12-5-6-13-24(23)29(15-17-32-2)33(28,26)20-9-7-8-19(18-20)25(30)21-10-3-4-11-22(21)27/h3-4,10-11,19-20,23-25,30H,5-9,12-18H2,1-2H3/q+1/t19-,20?,23+,24+,25-/m0/s1. The summed E-state index contributed by atoms with van der Waals surface area (Å²) >= 11 is 3.65. The summed E-state index contributed by atoms with van der Waals surface area (Å²) in [6.45, 7) is 3.24. The van der Waals surface area contributed by atoms with Crippen LogP contribution in [0, 0.1) is 5.92 Å². The third kappa shape index (κ3) is 5.26. The third-order valence-corrected chi connectivity index (χ3v) is 13.1. The van der Waals surface area contributed by atoms with Crippen molar-refractivity contribution in [3.05, 3.63) is 34.3 Å². The molecule has 0 aromatic heterocycles. The first-order chi connectivity index (χ1) is 16.0. The molecule has 8 heteroatoms. The molecule has 1 N–H and O–H groups in total. The van der Waals surface area contributed by atoms with Gasteiger partial charge in [-0.25, -0.2) is 0 Å². The molecule has 182 valence electrons. The van der Waals surface area contributed by atoms with E-state index in [1.807, 2.05) is 24.3 Å². The van der Waals surface area contributed by atoms with Gasteiger partial charge in [0.1, 0.15) is 7.44 Å². The monoisotopic (exact) mass is 537 g/mol. The molecule has 1 aromatic carbocycles. The highest BCUT2D eigenvalue weighted by Crippen LogP contribution is 2.74. The fraction of sp³-hybridized carbons (Fsp3) is 0.760. The van der Waals surface area contributed by atoms with Gasteiger partial charge < -0.3 is 14.6 Å². The van der Waals surface area contributed by atoms with E-state index in [0.29, 0.717) is 17.7 Å². The van der Waals surface area contributed by atoms with Crippen LogP contribution in [0.4, 0.5) is 0 Å². The molecule has 5 atom stereocenters. The van der Waals surface area contributed by atoms with Crippen molar-refractivity contribution in [1.29, 1.82) is 0 Å². The van der Waals surface area contributed by atoms with Gasteiger partial charge in [0.25, 0.3) is 0 Å². The average molecular weight is 538 g/mol. The molecule has 2 saturated carbocycles. The summed E-state index contributed by atoms with van der Waals surface area (Å²) in [7, 11) is 9.16. The summed E-state index contributed by atoms with van der Waals surface area (Å²) in [5, 5.41) is 11.4. The Kier molecular flexibility index (Phi) is 9.34. The summed E-state index contributed by atoms with van der Waals surface area (Å²) in [6.07, 6.45) is 8.89. The predicted octanol–water partition coefficient (Wildman–Crippen LogP) is 5.19. The second kappa shape index (κ2) is 11.8. The number of halogens is 1. The van der Waals surface area contributed by atoms with Crippen LogP contribution in [0.3, 0.4) is 0 Å². The lowest BCUT2D eigenvalue weighted by Gasteiger charge is -2.44. The molecule has 2 radical (unpaired) electrons. The van der Waals surface area contributed by atoms with Crippen molar-refractivity contribution in [3.8, 4) is 0 Å². The number of methoxy groups -OCH3 is 2. The summed E-state index contributed by atoms with van der Waals surface area (Å²) < 4.78 is 17.5. The first-order valence-corrected chi connectivity index (χ1v) is 15.3. The van der Waals surface area contributed by atoms with Gasteiger partial charge in [0.2, 0.25) is 0 Å². The van der Waals surface area contributed by atoms with Gasteiger partial charge in [-0.2, -0.15) is 9.34 Å². The van der Waals surface area contributed by atoms with Gasteiger partial charge in [-0.15, -0.1) is 0 Å². The van der Waals surface area contributed by atoms with E-state index in [4.69, 9.17) is 17.0 Å². The molecule has 0 spiro atoms. The summed E-state index contributed by atoms with van der Waals surface area (Å²) in [5.74, 6) is 0.235. The van der Waals surface area contributed by atoms with Gasteiger partial charge >= 0.3 is 7.57 Å². The molecule has 1 saturated heterocycles. The zero-order chi connectivity index (χ0) is 23.4. The first kappa shape index (κ1) is 26.1. The van der Waals surface area contributed by atoms with Crippen molar-refractivity contribution in [2.24, 2.45) is 5.92 Å². The minimum absolute atomic E-state index is 0.235. The molecule has 33 heavy (non-hydrogen) atoms. The Balaban J connectivity index is 1.62. The van der Waals surface area contributed by atoms with E-state index in [2.05, 4.69) is 25.3 Å². The second-order valence-electron chi connectivity index (χ2n) is 9.98. The highest BCUT2D eigenvalue weighted by atomic mass is 79.9. The maximum absolute atomic E-state index is 11.4. The second-order valence-corrected chi connectivity index (χ2v) is 14.0. The van der Waals surface area contributed by atoms with Gasteiger partial charge in [0, 0.05) is 18.7 Å². The summed E-state index contributed by atoms with van der Waals surface area (Å²) in [5.41, 5.74) is 1.41. The molecule has 4 rings (SSSR count). The molecule has 1 heterocycles. The lowest BCUT2D eigenvalue weighted by Crippen LogP contribution is -2.41. The van der Waals surface area contributed by atoms with Crippen LogP contribution >= 0.6 is 23.4 Å². The zero-order valence-electron chi connectivity index (χ0n) is 20.2. The number of hydrogen-bond acceptors (Lipinski definition) is 5. The maximum Gasteiger partial charge on any atom is 0.409 e. The van der Waals surface area contributed by atoms with Crippen molar-refractivity contribution in [3.63, 3.8) is 0 Å². The molecule has 0 bridgehead atoms. The normalized spacial score (nSPS) is 31.4. The number of nitrogens with zero attached hydrogens (tertiary/aromatic N) is 2. The highest BCUT2D eigenvalue weighted by Gasteiger charge is 2.64. The Morgan fingerprint density at radius 3 is 2.18 bits per heavy atom. The quantitative estimate of drug-likeness (QED) is 0.347. The summed E-state index contributed by atoms with van der Waals surface area (Å²) in [6, 6.07) is 9.14. The van der Waals surface area contributed by atoms with Crippen molar-refractivity contribution >= 4 is 30.9 Å². The fourth-order valence-electron chi connectivity index (χ4n) is 6.65. The van der Waals surface area contributed by atoms with Gasteiger partial charge in [-0.1, -0.05) is 47.0 Å². The Morgan fingerprint density at radius 2 is 1.61 bits per heavy atom. The number of hydrogen-bond donors (Lipinski definition) is 1. The zero-order valence-corrected chi connectivity index (χ0v) is 22.7. The van der Waals surface area contributed by atoms with Crippen LogP contribution < -0.4 is 0 Å². The van der Waals surface area contributed by atoms with Crippen molar-refractivity contribution in [1.82, 2.24) is 9.34 Å². The summed E-state index contributed by atoms with van der Waals surface area (Å²) in [4.78, 5) is 0. The smallest absolute Gasteiger partial charge is 0.388 e. The topological polar surface area (TPSA) is 45.2 Å². The average Bonchev–Trinajstić information content (AvgIpc) is 3.09. The largest absolute Gasteiger partial charge is 0.409 e. The number of rotatable bonds is 9. The van der Waals surface area contributed by atoms with E-state index in [9.17, 15) is 5.11 Å². The molecule has 3 fully saturated rings. The number of aliphatic hydroxyl groups excluding tert-OH is 1. The van der Waals surface area contributed by atoms with Gasteiger partial charge in [0.05, 0.1) is 50.1 Å². The van der Waals surface area contributed by atoms with Crippen LogP contribution in [0.15, 0.2) is 28.7 Å². The van der Waals surface area contributed by atoms with Crippen LogP contribution in [0.25, 0.3) is 0 Å². The Labute approximate surface area is 210 Å². The Morgan fingerprint density at radius 1 is 1.00 bits per heavy atom. The minimum atomic E-state index is -2.08. The maximum atomic E-state index is 11.4. The van der Waals surface area contributed by atoms with E-state index in [1.54, 1.807) is 14.2 Å². The molecule has 0 amide bonds. The molecule has 1 aromatic rings. The Bertz CT molecular complexity index is 751. The van der Waals surface area contributed by atoms with Crippen LogP contribution in [0.5, 0.6) is 0 Å². The number of aliphatic hydroxyl groups is 1. The van der Waals surface area contributed by atoms with Crippen LogP contribution in [0.2, 0.25) is 0 Å². The fourth-order valence-corrected chi connectivity index (χ4v) is 11.7. The molecule has 1 aliphatic heterocycles. The van der Waals surface area contributed by atoms with E-state index in [0.717, 1.165) is 62.0 Å². The number of ether oxygens (including phenoxy) is 2. The van der Waals surface area contributed by atoms with E-state index < -0.39 is 13.5 Å². The molecule has 5 nitrogen and oxygen atoms in total. The van der Waals surface area contributed by atoms with E-state index in [-0.39, 0.29) is 5.92 Å². The molecular formula is C25H40BBrN2O3P+. The van der Waals surface area contributed by atoms with Crippen molar-refractivity contribution < 1.29 is 14.6 Å². The molecule has 2 aliphatic carbocycles. The predicted molar refractivity (Wildman–Crippen MR) is 141 cm³/mol. The van der Waals surface area contributed by atoms with Gasteiger partial charge in [-0.05, 0) is 56.1 Å². The molecule has 1 unspecified atom stereocenters. The third-order valence-electron chi connectivity index (χ3n) is 8.23. The van der Waals surface area contributed by atoms with Gasteiger partial charge in [-0.3, -0.25) is 0 Å². The number of fused-ring (bicyclic) bond motifs is 1. The molecular weight excluding hydrogens is 498 g/mol. The van der Waals surface area contributed by atoms with Crippen LogP contribution in [-0.2, 0) is 9.47 Å². The lowest BCUT2D eigenvalue weighted by molar-refractivity contribution is 0.0842. The van der Waals surface area contributed by atoms with E-state index in [1.165, 1.54) is 25.7 Å². The van der Waals surface area contributed by atoms with Crippen LogP contribution in [0.1, 0.15) is 63.0 Å². The Hall–Kier alpha value is -0.00506. The first-order valence-electron chi connectivity index (χ1n) is 12.6. The lowest BCUT2D eigenvalue weighted by atomic mass is 9.82. The minimum Gasteiger partial charge on any atom is -0.388 e. The van der Waals surface area contributed by atoms with Crippen molar-refractivity contribution in [2.75, 3.05) is 40.5 Å². The number of benzene rings is 1. The van der Waals surface area contributed by atoms with Crippen molar-refractivity contribution in [2.45, 2.75) is 75.2 Å². The van der Waals surface area contributed by atoms with Crippen LogP contribution in [-0.4, -0.2) is 80.3 Å². The highest BCUT2D eigenvalue weighted by molar-refractivity contribution is 9.10.